The second-order valence-electron chi connectivity index (χ2n) is 4.70. The van der Waals surface area contributed by atoms with Crippen molar-refractivity contribution >= 4 is 38.6 Å². The topological polar surface area (TPSA) is 74.7 Å². The second kappa shape index (κ2) is 5.37. The molecular formula is C12H14INO4S. The van der Waals surface area contributed by atoms with Crippen molar-refractivity contribution in [2.75, 3.05) is 13.1 Å². The number of rotatable bonds is 3. The summed E-state index contributed by atoms with van der Waals surface area (Å²) in [5.74, 6) is -0.770. The Morgan fingerprint density at radius 1 is 1.47 bits per heavy atom. The van der Waals surface area contributed by atoms with Crippen molar-refractivity contribution in [1.29, 1.82) is 0 Å². The number of halogens is 1. The molecule has 1 saturated heterocycles. The fraction of sp³-hybridized carbons (Fsp3) is 0.417. The van der Waals surface area contributed by atoms with E-state index < -0.39 is 16.0 Å². The first-order valence-electron chi connectivity index (χ1n) is 5.85. The molecule has 19 heavy (non-hydrogen) atoms. The van der Waals surface area contributed by atoms with Crippen LogP contribution in [0.25, 0.3) is 0 Å². The Hall–Kier alpha value is -0.670. The van der Waals surface area contributed by atoms with E-state index in [0.29, 0.717) is 22.6 Å². The average molecular weight is 395 g/mol. The van der Waals surface area contributed by atoms with Crippen LogP contribution in [0.1, 0.15) is 23.7 Å². The largest absolute Gasteiger partial charge is 0.478 e. The van der Waals surface area contributed by atoms with Crippen LogP contribution in [-0.4, -0.2) is 36.9 Å². The fourth-order valence-corrected chi connectivity index (χ4v) is 4.26. The number of carboxylic acid groups (broad SMARTS) is 1. The smallest absolute Gasteiger partial charge is 0.336 e. The molecule has 0 spiro atoms. The highest BCUT2D eigenvalue weighted by atomic mass is 127. The molecule has 0 bridgehead atoms. The molecule has 104 valence electrons. The van der Waals surface area contributed by atoms with Crippen LogP contribution in [0.4, 0.5) is 0 Å². The molecule has 2 rings (SSSR count). The third-order valence-electron chi connectivity index (χ3n) is 3.19. The van der Waals surface area contributed by atoms with Gasteiger partial charge in [0.2, 0.25) is 10.0 Å². The Morgan fingerprint density at radius 2 is 2.16 bits per heavy atom. The lowest BCUT2D eigenvalue weighted by atomic mass is 10.2. The van der Waals surface area contributed by atoms with Gasteiger partial charge in [-0.3, -0.25) is 0 Å². The highest BCUT2D eigenvalue weighted by Gasteiger charge is 2.31. The van der Waals surface area contributed by atoms with Crippen molar-refractivity contribution in [3.8, 4) is 0 Å². The quantitative estimate of drug-likeness (QED) is 0.795. The maximum Gasteiger partial charge on any atom is 0.336 e. The van der Waals surface area contributed by atoms with E-state index in [1.54, 1.807) is 0 Å². The van der Waals surface area contributed by atoms with Crippen LogP contribution in [0, 0.1) is 9.49 Å². The number of carboxylic acids is 1. The number of hydrogen-bond donors (Lipinski definition) is 1. The molecule has 1 fully saturated rings. The van der Waals surface area contributed by atoms with E-state index in [-0.39, 0.29) is 10.5 Å². The molecule has 0 aliphatic carbocycles. The summed E-state index contributed by atoms with van der Waals surface area (Å²) >= 11 is 1.88. The van der Waals surface area contributed by atoms with E-state index in [1.165, 1.54) is 22.5 Å². The normalized spacial score (nSPS) is 20.6. The standard InChI is InChI=1S/C12H14INO4S/c1-8-4-5-14(7-8)19(17,18)9-2-3-11(13)10(6-9)12(15)16/h2-3,6,8H,4-5,7H2,1H3,(H,15,16). The van der Waals surface area contributed by atoms with Gasteiger partial charge in [0.05, 0.1) is 10.5 Å². The first kappa shape index (κ1) is 14.7. The number of benzene rings is 1. The van der Waals surface area contributed by atoms with E-state index in [2.05, 4.69) is 0 Å². The lowest BCUT2D eigenvalue weighted by Gasteiger charge is -2.16. The van der Waals surface area contributed by atoms with Crippen LogP contribution in [0.15, 0.2) is 23.1 Å². The minimum absolute atomic E-state index is 0.0221. The van der Waals surface area contributed by atoms with Gasteiger partial charge in [-0.15, -0.1) is 0 Å². The zero-order valence-corrected chi connectivity index (χ0v) is 13.3. The van der Waals surface area contributed by atoms with Crippen molar-refractivity contribution in [3.63, 3.8) is 0 Å². The van der Waals surface area contributed by atoms with Crippen molar-refractivity contribution in [3.05, 3.63) is 27.3 Å². The lowest BCUT2D eigenvalue weighted by Crippen LogP contribution is -2.28. The minimum Gasteiger partial charge on any atom is -0.478 e. The SMILES string of the molecule is CC1CCN(S(=O)(=O)c2ccc(I)c(C(=O)O)c2)C1. The van der Waals surface area contributed by atoms with Crippen molar-refractivity contribution < 1.29 is 18.3 Å². The molecule has 1 heterocycles. The van der Waals surface area contributed by atoms with Gasteiger partial charge >= 0.3 is 5.97 Å². The second-order valence-corrected chi connectivity index (χ2v) is 7.80. The molecule has 1 N–H and O–H groups in total. The number of sulfonamides is 1. The van der Waals surface area contributed by atoms with Crippen LogP contribution < -0.4 is 0 Å². The summed E-state index contributed by atoms with van der Waals surface area (Å²) in [6, 6.07) is 4.23. The predicted molar refractivity (Wildman–Crippen MR) is 78.7 cm³/mol. The monoisotopic (exact) mass is 395 g/mol. The van der Waals surface area contributed by atoms with Gasteiger partial charge in [0.25, 0.3) is 0 Å². The summed E-state index contributed by atoms with van der Waals surface area (Å²) in [6.07, 6.45) is 0.843. The number of hydrogen-bond acceptors (Lipinski definition) is 3. The molecule has 1 aromatic carbocycles. The van der Waals surface area contributed by atoms with E-state index in [0.717, 1.165) is 6.42 Å². The summed E-state index contributed by atoms with van der Waals surface area (Å²) in [5.41, 5.74) is 0.0221. The molecule has 0 aromatic heterocycles. The highest BCUT2D eigenvalue weighted by Crippen LogP contribution is 2.25. The molecule has 1 aliphatic rings. The Bertz CT molecular complexity index is 614. The van der Waals surface area contributed by atoms with Crippen LogP contribution in [0.2, 0.25) is 0 Å². The van der Waals surface area contributed by atoms with Gasteiger partial charge in [0.15, 0.2) is 0 Å². The summed E-state index contributed by atoms with van der Waals surface area (Å²) in [6.45, 7) is 3.00. The van der Waals surface area contributed by atoms with E-state index >= 15 is 0 Å². The summed E-state index contributed by atoms with van der Waals surface area (Å²) in [7, 11) is -3.58. The van der Waals surface area contributed by atoms with Crippen molar-refractivity contribution in [1.82, 2.24) is 4.31 Å². The fourth-order valence-electron chi connectivity index (χ4n) is 2.09. The Kier molecular flexibility index (Phi) is 4.17. The van der Waals surface area contributed by atoms with E-state index in [9.17, 15) is 13.2 Å². The van der Waals surface area contributed by atoms with Crippen LogP contribution in [0.5, 0.6) is 0 Å². The van der Waals surface area contributed by atoms with Crippen LogP contribution in [-0.2, 0) is 10.0 Å². The zero-order chi connectivity index (χ0) is 14.2. The summed E-state index contributed by atoms with van der Waals surface area (Å²) in [5, 5.41) is 9.05. The number of nitrogens with zero attached hydrogens (tertiary/aromatic N) is 1. The van der Waals surface area contributed by atoms with E-state index in [4.69, 9.17) is 5.11 Å². The maximum atomic E-state index is 12.4. The van der Waals surface area contributed by atoms with Gasteiger partial charge in [-0.2, -0.15) is 4.31 Å². The van der Waals surface area contributed by atoms with E-state index in [1.807, 2.05) is 29.5 Å². The maximum absolute atomic E-state index is 12.4. The predicted octanol–water partition coefficient (Wildman–Crippen LogP) is 2.02. The lowest BCUT2D eigenvalue weighted by molar-refractivity contribution is 0.0695. The molecule has 5 nitrogen and oxygen atoms in total. The van der Waals surface area contributed by atoms with Gasteiger partial charge in [-0.1, -0.05) is 6.92 Å². The molecule has 1 atom stereocenters. The highest BCUT2D eigenvalue weighted by molar-refractivity contribution is 14.1. The van der Waals surface area contributed by atoms with Crippen LogP contribution in [0.3, 0.4) is 0 Å². The Labute approximate surface area is 125 Å². The Balaban J connectivity index is 2.41. The molecule has 0 radical (unpaired) electrons. The molecule has 0 amide bonds. The summed E-state index contributed by atoms with van der Waals surface area (Å²) < 4.78 is 26.7. The third-order valence-corrected chi connectivity index (χ3v) is 5.99. The van der Waals surface area contributed by atoms with Crippen LogP contribution >= 0.6 is 22.6 Å². The third kappa shape index (κ3) is 2.92. The summed E-state index contributed by atoms with van der Waals surface area (Å²) in [4.78, 5) is 11.1. The molecule has 7 heteroatoms. The first-order valence-corrected chi connectivity index (χ1v) is 8.37. The number of carbonyl (C=O) groups is 1. The zero-order valence-electron chi connectivity index (χ0n) is 10.3. The van der Waals surface area contributed by atoms with Gasteiger partial charge < -0.3 is 5.11 Å². The molecule has 0 saturated carbocycles. The molecule has 1 unspecified atom stereocenters. The first-order chi connectivity index (χ1) is 8.82. The molecule has 1 aliphatic heterocycles. The van der Waals surface area contributed by atoms with Crippen molar-refractivity contribution in [2.45, 2.75) is 18.2 Å². The van der Waals surface area contributed by atoms with Gasteiger partial charge in [-0.05, 0) is 53.1 Å². The molecule has 1 aromatic rings. The van der Waals surface area contributed by atoms with Gasteiger partial charge in [0, 0.05) is 16.7 Å². The van der Waals surface area contributed by atoms with Gasteiger partial charge in [-0.25, -0.2) is 13.2 Å². The average Bonchev–Trinajstić information content (AvgIpc) is 2.76. The number of aromatic carboxylic acids is 1. The minimum atomic E-state index is -3.58. The Morgan fingerprint density at radius 3 is 2.68 bits per heavy atom. The molecular weight excluding hydrogens is 381 g/mol. The van der Waals surface area contributed by atoms with Gasteiger partial charge in [0.1, 0.15) is 0 Å². The van der Waals surface area contributed by atoms with Crippen molar-refractivity contribution in [2.24, 2.45) is 5.92 Å².